The molecular weight excluding hydrogens is 581 g/mol. The van der Waals surface area contributed by atoms with Crippen molar-refractivity contribution in [1.82, 2.24) is 14.8 Å². The van der Waals surface area contributed by atoms with Crippen molar-refractivity contribution >= 4 is 56.9 Å². The van der Waals surface area contributed by atoms with Gasteiger partial charge in [-0.25, -0.2) is 4.98 Å². The van der Waals surface area contributed by atoms with Gasteiger partial charge in [-0.2, -0.15) is 0 Å². The molecule has 9 heteroatoms. The minimum absolute atomic E-state index is 0.0665. The van der Waals surface area contributed by atoms with Gasteiger partial charge in [-0.1, -0.05) is 5.92 Å². The summed E-state index contributed by atoms with van der Waals surface area (Å²) in [5, 5.41) is 4.58. The van der Waals surface area contributed by atoms with E-state index in [1.807, 2.05) is 26.1 Å². The molecule has 0 atom stereocenters. The third-order valence-electron chi connectivity index (χ3n) is 7.24. The van der Waals surface area contributed by atoms with Crippen LogP contribution in [0.25, 0.3) is 11.0 Å². The fourth-order valence-electron chi connectivity index (χ4n) is 5.02. The molecule has 0 saturated heterocycles. The van der Waals surface area contributed by atoms with E-state index in [9.17, 15) is 9.59 Å². The highest BCUT2D eigenvalue weighted by Gasteiger charge is 2.32. The molecule has 0 spiro atoms. The van der Waals surface area contributed by atoms with Crippen LogP contribution in [-0.2, 0) is 16.6 Å². The van der Waals surface area contributed by atoms with Crippen LogP contribution in [0.2, 0.25) is 0 Å². The van der Waals surface area contributed by atoms with E-state index in [4.69, 9.17) is 15.5 Å². The number of fused-ring (bicyclic) bond motifs is 1. The molecule has 37 heavy (non-hydrogen) atoms. The van der Waals surface area contributed by atoms with Crippen LogP contribution < -0.4 is 15.4 Å². The first kappa shape index (κ1) is 25.5. The van der Waals surface area contributed by atoms with Crippen LogP contribution in [-0.4, -0.2) is 32.7 Å². The average Bonchev–Trinajstić information content (AvgIpc) is 3.67. The van der Waals surface area contributed by atoms with Crippen LogP contribution in [0.1, 0.15) is 62.5 Å². The molecule has 192 valence electrons. The number of nitrogens with zero attached hydrogens (tertiary/aromatic N) is 4. The smallest absolute Gasteiger partial charge is 0.308 e. The maximum atomic E-state index is 13.4. The van der Waals surface area contributed by atoms with Crippen LogP contribution in [0.4, 0.5) is 11.5 Å². The molecule has 8 nitrogen and oxygen atoms in total. The summed E-state index contributed by atoms with van der Waals surface area (Å²) in [7, 11) is 1.85. The van der Waals surface area contributed by atoms with Gasteiger partial charge < -0.3 is 10.5 Å². The highest BCUT2D eigenvalue weighted by atomic mass is 127. The number of carbonyl (C=O) groups excluding carboxylic acids is 2. The lowest BCUT2D eigenvalue weighted by Gasteiger charge is -2.26. The Bertz CT molecular complexity index is 1440. The lowest BCUT2D eigenvalue weighted by Crippen LogP contribution is -2.31. The number of rotatable bonds is 6. The second kappa shape index (κ2) is 10.3. The Morgan fingerprint density at radius 1 is 1.16 bits per heavy atom. The molecule has 2 fully saturated rings. The minimum Gasteiger partial charge on any atom is -0.472 e. The van der Waals surface area contributed by atoms with E-state index in [0.29, 0.717) is 36.0 Å². The van der Waals surface area contributed by atoms with Gasteiger partial charge in [0, 0.05) is 16.5 Å². The highest BCUT2D eigenvalue weighted by molar-refractivity contribution is 14.1. The molecule has 2 aromatic heterocycles. The SMILES string of the molecule is CC#CC(=O)N(c1ccc2c(n1)c(OC1CCC(C(N)=O)CC1)nn2C)c1cc(C)c(I)cc1C1CC1. The third-order valence-corrected chi connectivity index (χ3v) is 8.40. The molecular formula is C28H30IN5O3. The molecule has 0 radical (unpaired) electrons. The summed E-state index contributed by atoms with van der Waals surface area (Å²) in [6, 6.07) is 8.00. The van der Waals surface area contributed by atoms with Gasteiger partial charge in [-0.05, 0) is 122 Å². The van der Waals surface area contributed by atoms with Crippen molar-refractivity contribution in [3.05, 3.63) is 39.0 Å². The van der Waals surface area contributed by atoms with E-state index < -0.39 is 0 Å². The standard InChI is InChI=1S/C28H30IN5O3/c1-4-5-25(35)34(23-14-16(2)21(29)15-20(23)17-6-7-17)24-13-12-22-26(31-24)28(32-33(22)3)37-19-10-8-18(9-11-19)27(30)36/h12-15,17-19H,6-11H2,1-3H3,(H2,30,36). The Labute approximate surface area is 230 Å². The van der Waals surface area contributed by atoms with Crippen molar-refractivity contribution in [2.24, 2.45) is 18.7 Å². The van der Waals surface area contributed by atoms with Crippen molar-refractivity contribution in [1.29, 1.82) is 0 Å². The average molecular weight is 611 g/mol. The van der Waals surface area contributed by atoms with Crippen LogP contribution >= 0.6 is 22.6 Å². The summed E-state index contributed by atoms with van der Waals surface area (Å²) in [6.07, 6.45) is 5.03. The first-order valence-corrected chi connectivity index (χ1v) is 13.7. The van der Waals surface area contributed by atoms with E-state index in [2.05, 4.69) is 51.7 Å². The summed E-state index contributed by atoms with van der Waals surface area (Å²) in [5.74, 6) is 6.15. The fourth-order valence-corrected chi connectivity index (χ4v) is 5.51. The van der Waals surface area contributed by atoms with Gasteiger partial charge in [-0.15, -0.1) is 5.10 Å². The summed E-state index contributed by atoms with van der Waals surface area (Å²) >= 11 is 2.35. The number of aromatic nitrogens is 3. The number of halogens is 1. The molecule has 0 unspecified atom stereocenters. The maximum Gasteiger partial charge on any atom is 0.308 e. The quantitative estimate of drug-likeness (QED) is 0.317. The normalized spacial score (nSPS) is 19.2. The number of nitrogens with two attached hydrogens (primary N) is 1. The molecule has 5 rings (SSSR count). The van der Waals surface area contributed by atoms with Crippen molar-refractivity contribution in [2.75, 3.05) is 4.90 Å². The fraction of sp³-hybridized carbons (Fsp3) is 0.429. The second-order valence-corrected chi connectivity index (χ2v) is 11.1. The van der Waals surface area contributed by atoms with E-state index in [-0.39, 0.29) is 23.8 Å². The predicted octanol–water partition coefficient (Wildman–Crippen LogP) is 4.87. The van der Waals surface area contributed by atoms with Gasteiger partial charge in [0.05, 0.1) is 11.2 Å². The van der Waals surface area contributed by atoms with Gasteiger partial charge in [0.25, 0.3) is 5.88 Å². The number of benzene rings is 1. The van der Waals surface area contributed by atoms with Crippen LogP contribution in [0.15, 0.2) is 24.3 Å². The number of hydrogen-bond donors (Lipinski definition) is 1. The number of amides is 2. The Hall–Kier alpha value is -3.13. The Kier molecular flexibility index (Phi) is 7.12. The van der Waals surface area contributed by atoms with Crippen molar-refractivity contribution < 1.29 is 14.3 Å². The number of anilines is 2. The first-order chi connectivity index (χ1) is 17.8. The Balaban J connectivity index is 1.55. The Morgan fingerprint density at radius 2 is 1.89 bits per heavy atom. The van der Waals surface area contributed by atoms with Crippen molar-refractivity contribution in [2.45, 2.75) is 64.4 Å². The molecule has 2 N–H and O–H groups in total. The zero-order valence-electron chi connectivity index (χ0n) is 21.3. The summed E-state index contributed by atoms with van der Waals surface area (Å²) in [5.41, 5.74) is 9.96. The zero-order valence-corrected chi connectivity index (χ0v) is 23.4. The molecule has 0 bridgehead atoms. The molecule has 1 aromatic carbocycles. The summed E-state index contributed by atoms with van der Waals surface area (Å²) < 4.78 is 9.20. The number of primary amides is 1. The van der Waals surface area contributed by atoms with E-state index >= 15 is 0 Å². The van der Waals surface area contributed by atoms with Crippen molar-refractivity contribution in [3.63, 3.8) is 0 Å². The largest absolute Gasteiger partial charge is 0.472 e. The summed E-state index contributed by atoms with van der Waals surface area (Å²) in [4.78, 5) is 31.5. The van der Waals surface area contributed by atoms with E-state index in [1.54, 1.807) is 16.5 Å². The van der Waals surface area contributed by atoms with Gasteiger partial charge in [0.15, 0.2) is 5.52 Å². The van der Waals surface area contributed by atoms with E-state index in [0.717, 1.165) is 48.0 Å². The number of hydrogen-bond acceptors (Lipinski definition) is 5. The minimum atomic E-state index is -0.326. The monoisotopic (exact) mass is 611 g/mol. The lowest BCUT2D eigenvalue weighted by atomic mass is 9.87. The lowest BCUT2D eigenvalue weighted by molar-refractivity contribution is -0.123. The number of carbonyl (C=O) groups is 2. The molecule has 2 heterocycles. The maximum absolute atomic E-state index is 13.4. The molecule has 2 amide bonds. The highest BCUT2D eigenvalue weighted by Crippen LogP contribution is 2.47. The number of ether oxygens (including phenoxy) is 1. The van der Waals surface area contributed by atoms with Gasteiger partial charge >= 0.3 is 5.91 Å². The molecule has 0 aliphatic heterocycles. The molecule has 3 aromatic rings. The van der Waals surface area contributed by atoms with Crippen LogP contribution in [0.3, 0.4) is 0 Å². The molecule has 2 aliphatic carbocycles. The van der Waals surface area contributed by atoms with Gasteiger partial charge in [0.2, 0.25) is 5.91 Å². The predicted molar refractivity (Wildman–Crippen MR) is 151 cm³/mol. The number of aryl methyl sites for hydroxylation is 2. The van der Waals surface area contributed by atoms with Gasteiger partial charge in [0.1, 0.15) is 11.9 Å². The zero-order chi connectivity index (χ0) is 26.3. The van der Waals surface area contributed by atoms with Crippen LogP contribution in [0, 0.1) is 28.3 Å². The molecule has 2 aliphatic rings. The molecule has 2 saturated carbocycles. The second-order valence-electron chi connectivity index (χ2n) is 9.91. The Morgan fingerprint density at radius 3 is 2.54 bits per heavy atom. The van der Waals surface area contributed by atoms with Gasteiger partial charge in [-0.3, -0.25) is 19.2 Å². The van der Waals surface area contributed by atoms with Crippen molar-refractivity contribution in [3.8, 4) is 17.7 Å². The topological polar surface area (TPSA) is 103 Å². The van der Waals surface area contributed by atoms with Crippen LogP contribution in [0.5, 0.6) is 5.88 Å². The number of pyridine rings is 1. The third kappa shape index (κ3) is 5.17. The van der Waals surface area contributed by atoms with E-state index in [1.165, 1.54) is 3.57 Å². The summed E-state index contributed by atoms with van der Waals surface area (Å²) in [6.45, 7) is 3.71. The first-order valence-electron chi connectivity index (χ1n) is 12.6.